The van der Waals surface area contributed by atoms with Crippen molar-refractivity contribution < 1.29 is 18.8 Å². The van der Waals surface area contributed by atoms with Crippen molar-refractivity contribution in [1.29, 1.82) is 0 Å². The lowest BCUT2D eigenvalue weighted by molar-refractivity contribution is -0.138. The van der Waals surface area contributed by atoms with Crippen molar-refractivity contribution >= 4 is 17.7 Å². The van der Waals surface area contributed by atoms with Crippen LogP contribution in [-0.2, 0) is 9.59 Å². The summed E-state index contributed by atoms with van der Waals surface area (Å²) >= 11 is 0. The third-order valence-corrected chi connectivity index (χ3v) is 4.44. The summed E-state index contributed by atoms with van der Waals surface area (Å²) in [6.07, 6.45) is 1.93. The molecule has 1 fully saturated rings. The lowest BCUT2D eigenvalue weighted by Gasteiger charge is -2.15. The van der Waals surface area contributed by atoms with Crippen LogP contribution >= 0.6 is 0 Å². The van der Waals surface area contributed by atoms with Gasteiger partial charge in [0.05, 0.1) is 23.1 Å². The Balaban J connectivity index is 1.74. The number of rotatable bonds is 6. The first-order valence-electron chi connectivity index (χ1n) is 8.83. The summed E-state index contributed by atoms with van der Waals surface area (Å²) in [5.74, 6) is -1.09. The molecular formula is C19H21FN4O3. The first-order valence-corrected chi connectivity index (χ1v) is 8.83. The van der Waals surface area contributed by atoms with Gasteiger partial charge in [-0.3, -0.25) is 19.3 Å². The van der Waals surface area contributed by atoms with Crippen molar-refractivity contribution in [2.75, 3.05) is 13.1 Å². The molecule has 0 atom stereocenters. The zero-order valence-electron chi connectivity index (χ0n) is 15.2. The second-order valence-electron chi connectivity index (χ2n) is 6.68. The summed E-state index contributed by atoms with van der Waals surface area (Å²) in [6.45, 7) is 4.22. The molecule has 0 aliphatic carbocycles. The molecule has 1 aromatic heterocycles. The predicted molar refractivity (Wildman–Crippen MR) is 95.9 cm³/mol. The fraction of sp³-hybridized carbons (Fsp3) is 0.368. The van der Waals surface area contributed by atoms with Crippen LogP contribution in [0.15, 0.2) is 30.5 Å². The summed E-state index contributed by atoms with van der Waals surface area (Å²) < 4.78 is 14.8. The van der Waals surface area contributed by atoms with E-state index in [0.29, 0.717) is 16.9 Å². The Hall–Kier alpha value is -3.03. The maximum Gasteiger partial charge on any atom is 0.254 e. The number of halogens is 1. The van der Waals surface area contributed by atoms with E-state index in [1.165, 1.54) is 23.2 Å². The molecule has 3 amide bonds. The average molecular weight is 372 g/mol. The van der Waals surface area contributed by atoms with Gasteiger partial charge in [-0.15, -0.1) is 0 Å². The van der Waals surface area contributed by atoms with Crippen LogP contribution in [0.1, 0.15) is 48.7 Å². The third kappa shape index (κ3) is 3.89. The molecule has 0 unspecified atom stereocenters. The van der Waals surface area contributed by atoms with Crippen LogP contribution in [0.2, 0.25) is 0 Å². The van der Waals surface area contributed by atoms with Crippen LogP contribution < -0.4 is 5.32 Å². The molecule has 0 spiro atoms. The first kappa shape index (κ1) is 18.8. The minimum absolute atomic E-state index is 0.0000377. The number of hydrogen-bond acceptors (Lipinski definition) is 4. The Morgan fingerprint density at radius 2 is 1.81 bits per heavy atom. The van der Waals surface area contributed by atoms with Crippen molar-refractivity contribution in [1.82, 2.24) is 20.0 Å². The number of hydrogen-bond donors (Lipinski definition) is 1. The van der Waals surface area contributed by atoms with Crippen molar-refractivity contribution in [3.05, 3.63) is 47.5 Å². The van der Waals surface area contributed by atoms with Crippen LogP contribution in [0.4, 0.5) is 4.39 Å². The summed E-state index contributed by atoms with van der Waals surface area (Å²) in [7, 11) is 0. The summed E-state index contributed by atoms with van der Waals surface area (Å²) in [5, 5.41) is 7.02. The molecule has 8 heteroatoms. The van der Waals surface area contributed by atoms with Crippen LogP contribution in [0.3, 0.4) is 0 Å². The molecule has 7 nitrogen and oxygen atoms in total. The minimum Gasteiger partial charge on any atom is -0.350 e. The highest BCUT2D eigenvalue weighted by atomic mass is 19.1. The average Bonchev–Trinajstić information content (AvgIpc) is 3.21. The highest BCUT2D eigenvalue weighted by Crippen LogP contribution is 2.23. The molecule has 27 heavy (non-hydrogen) atoms. The van der Waals surface area contributed by atoms with E-state index in [1.54, 1.807) is 16.8 Å². The molecule has 142 valence electrons. The Bertz CT molecular complexity index is 858. The van der Waals surface area contributed by atoms with E-state index in [2.05, 4.69) is 10.4 Å². The van der Waals surface area contributed by atoms with Crippen molar-refractivity contribution in [2.24, 2.45) is 0 Å². The van der Waals surface area contributed by atoms with E-state index in [4.69, 9.17) is 0 Å². The Labute approximate surface area is 156 Å². The highest BCUT2D eigenvalue weighted by Gasteiger charge is 2.28. The van der Waals surface area contributed by atoms with E-state index in [9.17, 15) is 18.8 Å². The maximum atomic E-state index is 13.2. The summed E-state index contributed by atoms with van der Waals surface area (Å²) in [6, 6.07) is 5.87. The number of aromatic nitrogens is 2. The van der Waals surface area contributed by atoms with Crippen molar-refractivity contribution in [3.8, 4) is 5.69 Å². The first-order chi connectivity index (χ1) is 12.9. The van der Waals surface area contributed by atoms with Gasteiger partial charge >= 0.3 is 0 Å². The molecule has 2 heterocycles. The van der Waals surface area contributed by atoms with Gasteiger partial charge in [0.15, 0.2) is 0 Å². The lowest BCUT2D eigenvalue weighted by Crippen LogP contribution is -2.37. The maximum absolute atomic E-state index is 13.2. The molecule has 1 saturated heterocycles. The Kier molecular flexibility index (Phi) is 5.34. The monoisotopic (exact) mass is 372 g/mol. The van der Waals surface area contributed by atoms with Crippen LogP contribution in [0.5, 0.6) is 0 Å². The van der Waals surface area contributed by atoms with E-state index < -0.39 is 0 Å². The molecular weight excluding hydrogens is 351 g/mol. The molecule has 1 aromatic carbocycles. The van der Waals surface area contributed by atoms with Gasteiger partial charge in [0.1, 0.15) is 5.82 Å². The van der Waals surface area contributed by atoms with E-state index in [0.717, 1.165) is 0 Å². The van der Waals surface area contributed by atoms with Gasteiger partial charge in [0.2, 0.25) is 11.8 Å². The number of benzene rings is 1. The van der Waals surface area contributed by atoms with E-state index >= 15 is 0 Å². The van der Waals surface area contributed by atoms with E-state index in [1.807, 2.05) is 13.8 Å². The lowest BCUT2D eigenvalue weighted by atomic mass is 10.1. The SMILES string of the molecule is CC(C)c1c(C(=O)NCCN2C(=O)CCC2=O)cnn1-c1ccc(F)cc1. The minimum atomic E-state index is -0.346. The second kappa shape index (κ2) is 7.69. The fourth-order valence-corrected chi connectivity index (χ4v) is 3.13. The molecule has 2 aromatic rings. The van der Waals surface area contributed by atoms with Crippen LogP contribution in [0, 0.1) is 5.82 Å². The van der Waals surface area contributed by atoms with Crippen molar-refractivity contribution in [2.45, 2.75) is 32.6 Å². The second-order valence-corrected chi connectivity index (χ2v) is 6.68. The standard InChI is InChI=1S/C19H21FN4O3/c1-12(2)18-15(11-22-24(18)14-5-3-13(20)4-6-14)19(27)21-9-10-23-16(25)7-8-17(23)26/h3-6,11-12H,7-10H2,1-2H3,(H,21,27). The van der Waals surface area contributed by atoms with Gasteiger partial charge in [-0.05, 0) is 30.2 Å². The zero-order valence-corrected chi connectivity index (χ0v) is 15.2. The van der Waals surface area contributed by atoms with Gasteiger partial charge in [-0.1, -0.05) is 13.8 Å². The van der Waals surface area contributed by atoms with Gasteiger partial charge in [-0.2, -0.15) is 5.10 Å². The largest absolute Gasteiger partial charge is 0.350 e. The molecule has 1 N–H and O–H groups in total. The van der Waals surface area contributed by atoms with Crippen molar-refractivity contribution in [3.63, 3.8) is 0 Å². The Morgan fingerprint density at radius 3 is 2.41 bits per heavy atom. The molecule has 1 aliphatic rings. The quantitative estimate of drug-likeness (QED) is 0.786. The zero-order chi connectivity index (χ0) is 19.6. The molecule has 0 radical (unpaired) electrons. The topological polar surface area (TPSA) is 84.3 Å². The normalized spacial score (nSPS) is 14.3. The summed E-state index contributed by atoms with van der Waals surface area (Å²) in [5.41, 5.74) is 1.77. The van der Waals surface area contributed by atoms with Crippen LogP contribution in [0.25, 0.3) is 5.69 Å². The van der Waals surface area contributed by atoms with E-state index in [-0.39, 0.29) is 55.4 Å². The highest BCUT2D eigenvalue weighted by molar-refractivity contribution is 6.02. The number of nitrogens with zero attached hydrogens (tertiary/aromatic N) is 3. The van der Waals surface area contributed by atoms with Gasteiger partial charge in [0, 0.05) is 25.9 Å². The number of carbonyl (C=O) groups is 3. The molecule has 0 bridgehead atoms. The Morgan fingerprint density at radius 1 is 1.19 bits per heavy atom. The smallest absolute Gasteiger partial charge is 0.254 e. The van der Waals surface area contributed by atoms with Gasteiger partial charge < -0.3 is 5.32 Å². The molecule has 3 rings (SSSR count). The predicted octanol–water partition coefficient (Wildman–Crippen LogP) is 2.01. The van der Waals surface area contributed by atoms with Gasteiger partial charge in [0.25, 0.3) is 5.91 Å². The number of nitrogens with one attached hydrogen (secondary N) is 1. The third-order valence-electron chi connectivity index (χ3n) is 4.44. The number of carbonyl (C=O) groups excluding carboxylic acids is 3. The number of imide groups is 1. The number of amides is 3. The van der Waals surface area contributed by atoms with Crippen LogP contribution in [-0.4, -0.2) is 45.5 Å². The van der Waals surface area contributed by atoms with Gasteiger partial charge in [-0.25, -0.2) is 9.07 Å². The summed E-state index contributed by atoms with van der Waals surface area (Å²) in [4.78, 5) is 37.0. The fourth-order valence-electron chi connectivity index (χ4n) is 3.13. The number of likely N-dealkylation sites (tertiary alicyclic amines) is 1. The molecule has 0 saturated carbocycles. The molecule has 1 aliphatic heterocycles.